The molecular weight excluding hydrogens is 364 g/mol. The number of likely N-dealkylation sites (tertiary alicyclic amines) is 1. The van der Waals surface area contributed by atoms with E-state index in [4.69, 9.17) is 4.74 Å². The van der Waals surface area contributed by atoms with Gasteiger partial charge in [-0.3, -0.25) is 9.59 Å². The molecule has 5 heteroatoms. The molecule has 1 fully saturated rings. The molecule has 1 aliphatic rings. The second kappa shape index (κ2) is 10.2. The summed E-state index contributed by atoms with van der Waals surface area (Å²) in [7, 11) is 0. The van der Waals surface area contributed by atoms with E-state index in [9.17, 15) is 9.59 Å². The number of amides is 1. The van der Waals surface area contributed by atoms with E-state index in [1.807, 2.05) is 74.5 Å². The molecule has 0 aromatic heterocycles. The summed E-state index contributed by atoms with van der Waals surface area (Å²) in [4.78, 5) is 26.3. The first kappa shape index (κ1) is 21.1. The number of rotatable bonds is 7. The molecule has 2 aromatic rings. The topological polar surface area (TPSA) is 59.8 Å². The maximum atomic E-state index is 13.1. The van der Waals surface area contributed by atoms with Crippen molar-refractivity contribution in [3.05, 3.63) is 71.8 Å². The number of carbonyl (C=O) groups is 2. The van der Waals surface area contributed by atoms with Gasteiger partial charge in [-0.2, -0.15) is 0 Å². The summed E-state index contributed by atoms with van der Waals surface area (Å²) in [5.41, 5.74) is 2.13. The Morgan fingerprint density at radius 2 is 1.52 bits per heavy atom. The van der Waals surface area contributed by atoms with Crippen molar-refractivity contribution >= 4 is 11.9 Å². The smallest absolute Gasteiger partial charge is 0.309 e. The zero-order valence-corrected chi connectivity index (χ0v) is 17.3. The van der Waals surface area contributed by atoms with Crippen molar-refractivity contribution in [1.82, 2.24) is 5.32 Å². The lowest BCUT2D eigenvalue weighted by atomic mass is 9.95. The molecule has 0 saturated carbocycles. The van der Waals surface area contributed by atoms with Gasteiger partial charge in [-0.05, 0) is 25.0 Å². The van der Waals surface area contributed by atoms with E-state index in [1.165, 1.54) is 4.90 Å². The highest BCUT2D eigenvalue weighted by Crippen LogP contribution is 2.21. The Labute approximate surface area is 173 Å². The highest BCUT2D eigenvalue weighted by Gasteiger charge is 2.34. The summed E-state index contributed by atoms with van der Waals surface area (Å²) in [6, 6.07) is 19.7. The summed E-state index contributed by atoms with van der Waals surface area (Å²) in [6.45, 7) is 5.84. The van der Waals surface area contributed by atoms with Crippen molar-refractivity contribution in [3.63, 3.8) is 0 Å². The van der Waals surface area contributed by atoms with E-state index in [0.717, 1.165) is 37.1 Å². The molecule has 1 aliphatic heterocycles. The van der Waals surface area contributed by atoms with Gasteiger partial charge in [0.15, 0.2) is 6.04 Å². The molecule has 1 saturated heterocycles. The number of nitrogens with one attached hydrogen (secondary N) is 2. The molecule has 1 heterocycles. The number of hydrogen-bond donors (Lipinski definition) is 2. The molecule has 0 unspecified atom stereocenters. The lowest BCUT2D eigenvalue weighted by Crippen LogP contribution is -3.17. The third-order valence-electron chi connectivity index (χ3n) is 5.81. The predicted molar refractivity (Wildman–Crippen MR) is 112 cm³/mol. The lowest BCUT2D eigenvalue weighted by Gasteiger charge is -2.32. The van der Waals surface area contributed by atoms with E-state index >= 15 is 0 Å². The monoisotopic (exact) mass is 395 g/mol. The largest absolute Gasteiger partial charge is 0.466 e. The fourth-order valence-corrected chi connectivity index (χ4v) is 4.02. The molecule has 0 radical (unpaired) electrons. The van der Waals surface area contributed by atoms with Crippen LogP contribution < -0.4 is 10.2 Å². The first-order valence-electron chi connectivity index (χ1n) is 10.5. The molecule has 0 spiro atoms. The normalized spacial score (nSPS) is 20.1. The molecule has 29 heavy (non-hydrogen) atoms. The van der Waals surface area contributed by atoms with Crippen LogP contribution in [0.1, 0.15) is 43.9 Å². The minimum absolute atomic E-state index is 0.0321. The van der Waals surface area contributed by atoms with Gasteiger partial charge in [0, 0.05) is 12.8 Å². The van der Waals surface area contributed by atoms with Crippen LogP contribution in [0.2, 0.25) is 0 Å². The Morgan fingerprint density at radius 1 is 1.00 bits per heavy atom. The quantitative estimate of drug-likeness (QED) is 0.706. The van der Waals surface area contributed by atoms with Gasteiger partial charge in [0.25, 0.3) is 5.91 Å². The molecule has 0 bridgehead atoms. The lowest BCUT2D eigenvalue weighted by molar-refractivity contribution is -0.919. The van der Waals surface area contributed by atoms with Gasteiger partial charge in [0.2, 0.25) is 0 Å². The second-order valence-corrected chi connectivity index (χ2v) is 7.67. The van der Waals surface area contributed by atoms with E-state index in [2.05, 4.69) is 5.32 Å². The van der Waals surface area contributed by atoms with Gasteiger partial charge in [-0.1, -0.05) is 60.7 Å². The first-order chi connectivity index (χ1) is 14.1. The highest BCUT2D eigenvalue weighted by atomic mass is 16.5. The number of ether oxygens (including phenoxy) is 1. The van der Waals surface area contributed by atoms with Crippen LogP contribution in [0.5, 0.6) is 0 Å². The average Bonchev–Trinajstić information content (AvgIpc) is 2.78. The molecule has 154 valence electrons. The Kier molecular flexibility index (Phi) is 7.42. The zero-order chi connectivity index (χ0) is 20.6. The van der Waals surface area contributed by atoms with Crippen LogP contribution >= 0.6 is 0 Å². The minimum Gasteiger partial charge on any atom is -0.466 e. The molecule has 3 rings (SSSR count). The van der Waals surface area contributed by atoms with E-state index in [0.29, 0.717) is 6.61 Å². The third kappa shape index (κ3) is 5.45. The molecular formula is C24H31N2O3+. The van der Waals surface area contributed by atoms with Gasteiger partial charge < -0.3 is 15.0 Å². The fraction of sp³-hybridized carbons (Fsp3) is 0.417. The van der Waals surface area contributed by atoms with Gasteiger partial charge in [0.1, 0.15) is 0 Å². The van der Waals surface area contributed by atoms with Gasteiger partial charge >= 0.3 is 5.97 Å². The van der Waals surface area contributed by atoms with Crippen molar-refractivity contribution in [2.75, 3.05) is 19.7 Å². The summed E-state index contributed by atoms with van der Waals surface area (Å²) in [6.07, 6.45) is 1.54. The number of carbonyl (C=O) groups excluding carboxylic acids is 2. The van der Waals surface area contributed by atoms with E-state index in [-0.39, 0.29) is 29.9 Å². The number of hydrogen-bond acceptors (Lipinski definition) is 3. The van der Waals surface area contributed by atoms with Crippen molar-refractivity contribution in [2.24, 2.45) is 5.92 Å². The van der Waals surface area contributed by atoms with Crippen LogP contribution in [0, 0.1) is 5.92 Å². The fourth-order valence-electron chi connectivity index (χ4n) is 4.02. The molecule has 0 aliphatic carbocycles. The zero-order valence-electron chi connectivity index (χ0n) is 17.3. The van der Waals surface area contributed by atoms with Gasteiger partial charge in [-0.25, -0.2) is 0 Å². The number of benzene rings is 2. The number of piperidine rings is 1. The van der Waals surface area contributed by atoms with Crippen LogP contribution in [-0.4, -0.2) is 37.6 Å². The third-order valence-corrected chi connectivity index (χ3v) is 5.81. The standard InChI is InChI=1S/C24H30N2O3/c1-3-29-24(28)21-14-16-26(17-15-21)18(2)23(27)25-22(19-10-6-4-7-11-19)20-12-8-5-9-13-20/h4-13,18,21-22H,3,14-17H2,1-2H3,(H,25,27)/p+1/t18-/m0/s1. The Hall–Kier alpha value is -2.66. The summed E-state index contributed by atoms with van der Waals surface area (Å²) in [5.74, 6) is -0.0977. The number of quaternary nitrogens is 1. The maximum absolute atomic E-state index is 13.1. The Balaban J connectivity index is 1.65. The van der Waals surface area contributed by atoms with Crippen LogP contribution in [-0.2, 0) is 14.3 Å². The molecule has 2 aromatic carbocycles. The van der Waals surface area contributed by atoms with Crippen molar-refractivity contribution < 1.29 is 19.2 Å². The molecule has 5 nitrogen and oxygen atoms in total. The summed E-state index contributed by atoms with van der Waals surface area (Å²) in [5, 5.41) is 3.25. The summed E-state index contributed by atoms with van der Waals surface area (Å²) >= 11 is 0. The minimum atomic E-state index is -0.177. The van der Waals surface area contributed by atoms with Gasteiger partial charge in [0.05, 0.1) is 31.7 Å². The predicted octanol–water partition coefficient (Wildman–Crippen LogP) is 2.14. The highest BCUT2D eigenvalue weighted by molar-refractivity contribution is 5.81. The Bertz CT molecular complexity index is 747. The molecule has 1 atom stereocenters. The van der Waals surface area contributed by atoms with Crippen molar-refractivity contribution in [2.45, 2.75) is 38.8 Å². The second-order valence-electron chi connectivity index (χ2n) is 7.67. The van der Waals surface area contributed by atoms with Crippen LogP contribution in [0.4, 0.5) is 0 Å². The van der Waals surface area contributed by atoms with Gasteiger partial charge in [-0.15, -0.1) is 0 Å². The van der Waals surface area contributed by atoms with E-state index in [1.54, 1.807) is 0 Å². The van der Waals surface area contributed by atoms with Crippen LogP contribution in [0.15, 0.2) is 60.7 Å². The SMILES string of the molecule is CCOC(=O)C1CC[NH+]([C@@H](C)C(=O)NC(c2ccccc2)c2ccccc2)CC1. The molecule has 2 N–H and O–H groups in total. The molecule has 1 amide bonds. The van der Waals surface area contributed by atoms with Crippen LogP contribution in [0.3, 0.4) is 0 Å². The maximum Gasteiger partial charge on any atom is 0.309 e. The average molecular weight is 396 g/mol. The van der Waals surface area contributed by atoms with Crippen molar-refractivity contribution in [3.8, 4) is 0 Å². The van der Waals surface area contributed by atoms with E-state index < -0.39 is 0 Å². The van der Waals surface area contributed by atoms with Crippen molar-refractivity contribution in [1.29, 1.82) is 0 Å². The van der Waals surface area contributed by atoms with Crippen LogP contribution in [0.25, 0.3) is 0 Å². The number of esters is 1. The summed E-state index contributed by atoms with van der Waals surface area (Å²) < 4.78 is 5.15. The Morgan fingerprint density at radius 3 is 2.00 bits per heavy atom. The first-order valence-corrected chi connectivity index (χ1v) is 10.5.